The summed E-state index contributed by atoms with van der Waals surface area (Å²) in [4.78, 5) is 0. The maximum atomic E-state index is 13.2. The summed E-state index contributed by atoms with van der Waals surface area (Å²) in [6.07, 6.45) is 0. The van der Waals surface area contributed by atoms with Crippen molar-refractivity contribution in [3.8, 4) is 0 Å². The van der Waals surface area contributed by atoms with E-state index in [0.29, 0.717) is 10.6 Å². The Bertz CT molecular complexity index is 646. The normalized spacial score (nSPS) is 12.3. The minimum atomic E-state index is -0.850. The summed E-state index contributed by atoms with van der Waals surface area (Å²) in [5.41, 5.74) is 2.43. The van der Waals surface area contributed by atoms with E-state index < -0.39 is 11.6 Å². The van der Waals surface area contributed by atoms with Gasteiger partial charge in [-0.25, -0.2) is 8.78 Å². The lowest BCUT2D eigenvalue weighted by Gasteiger charge is -2.18. The van der Waals surface area contributed by atoms with E-state index in [1.54, 1.807) is 12.1 Å². The Morgan fingerprint density at radius 2 is 1.85 bits per heavy atom. The number of aryl methyl sites for hydroxylation is 1. The van der Waals surface area contributed by atoms with Crippen molar-refractivity contribution in [3.63, 3.8) is 0 Å². The van der Waals surface area contributed by atoms with Crippen molar-refractivity contribution in [2.75, 3.05) is 5.32 Å². The Balaban J connectivity index is 2.25. The first-order valence-corrected chi connectivity index (χ1v) is 7.22. The van der Waals surface area contributed by atoms with Crippen LogP contribution in [0.4, 0.5) is 14.5 Å². The van der Waals surface area contributed by atoms with E-state index in [1.165, 1.54) is 6.07 Å². The summed E-state index contributed by atoms with van der Waals surface area (Å²) in [6, 6.07) is 7.40. The van der Waals surface area contributed by atoms with Crippen molar-refractivity contribution in [3.05, 3.63) is 62.6 Å². The Labute approximate surface area is 130 Å². The van der Waals surface area contributed by atoms with Gasteiger partial charge in [-0.1, -0.05) is 17.7 Å². The third-order valence-electron chi connectivity index (χ3n) is 3.06. The molecule has 1 atom stereocenters. The average molecular weight is 361 g/mol. The molecule has 0 saturated heterocycles. The largest absolute Gasteiger partial charge is 0.378 e. The van der Waals surface area contributed by atoms with Crippen LogP contribution >= 0.6 is 27.5 Å². The molecule has 0 amide bonds. The lowest BCUT2D eigenvalue weighted by Crippen LogP contribution is -2.08. The van der Waals surface area contributed by atoms with Crippen molar-refractivity contribution in [2.45, 2.75) is 19.9 Å². The predicted octanol–water partition coefficient (Wildman–Crippen LogP) is 5.86. The molecule has 1 N–H and O–H groups in total. The fourth-order valence-electron chi connectivity index (χ4n) is 1.86. The maximum absolute atomic E-state index is 13.2. The van der Waals surface area contributed by atoms with Crippen molar-refractivity contribution < 1.29 is 8.78 Å². The van der Waals surface area contributed by atoms with E-state index in [4.69, 9.17) is 11.6 Å². The molecule has 0 spiro atoms. The van der Waals surface area contributed by atoms with Crippen LogP contribution in [0, 0.1) is 18.6 Å². The Morgan fingerprint density at radius 3 is 2.50 bits per heavy atom. The molecule has 1 nitrogen and oxygen atoms in total. The zero-order chi connectivity index (χ0) is 14.9. The Hall–Kier alpha value is -1.13. The van der Waals surface area contributed by atoms with Crippen LogP contribution in [-0.4, -0.2) is 0 Å². The predicted molar refractivity (Wildman–Crippen MR) is 82.3 cm³/mol. The number of hydrogen-bond acceptors (Lipinski definition) is 1. The van der Waals surface area contributed by atoms with Gasteiger partial charge in [-0.15, -0.1) is 0 Å². The fourth-order valence-corrected chi connectivity index (χ4v) is 2.59. The van der Waals surface area contributed by atoms with Crippen LogP contribution in [0.3, 0.4) is 0 Å². The highest BCUT2D eigenvalue weighted by Crippen LogP contribution is 2.31. The molecule has 5 heteroatoms. The molecule has 0 heterocycles. The van der Waals surface area contributed by atoms with Crippen LogP contribution in [0.25, 0.3) is 0 Å². The van der Waals surface area contributed by atoms with Gasteiger partial charge in [-0.05, 0) is 65.2 Å². The Morgan fingerprint density at radius 1 is 1.15 bits per heavy atom. The summed E-state index contributed by atoms with van der Waals surface area (Å²) in [5, 5.41) is 3.87. The van der Waals surface area contributed by atoms with E-state index in [2.05, 4.69) is 21.2 Å². The van der Waals surface area contributed by atoms with E-state index in [0.717, 1.165) is 21.8 Å². The molecule has 0 aromatic heterocycles. The second-order valence-electron chi connectivity index (χ2n) is 4.62. The van der Waals surface area contributed by atoms with Crippen molar-refractivity contribution >= 4 is 33.2 Å². The monoisotopic (exact) mass is 359 g/mol. The second kappa shape index (κ2) is 6.10. The first kappa shape index (κ1) is 15.3. The molecule has 0 aliphatic heterocycles. The summed E-state index contributed by atoms with van der Waals surface area (Å²) in [6.45, 7) is 3.78. The van der Waals surface area contributed by atoms with E-state index >= 15 is 0 Å². The zero-order valence-electron chi connectivity index (χ0n) is 11.0. The van der Waals surface area contributed by atoms with Gasteiger partial charge in [-0.3, -0.25) is 0 Å². The van der Waals surface area contributed by atoms with Gasteiger partial charge < -0.3 is 5.32 Å². The first-order chi connectivity index (χ1) is 9.38. The van der Waals surface area contributed by atoms with Crippen LogP contribution in [0.15, 0.2) is 34.8 Å². The topological polar surface area (TPSA) is 12.0 Å². The number of anilines is 1. The third kappa shape index (κ3) is 3.30. The highest BCUT2D eigenvalue weighted by atomic mass is 79.9. The zero-order valence-corrected chi connectivity index (χ0v) is 13.3. The fraction of sp³-hybridized carbons (Fsp3) is 0.200. The third-order valence-corrected chi connectivity index (χ3v) is 4.13. The lowest BCUT2D eigenvalue weighted by atomic mass is 10.1. The van der Waals surface area contributed by atoms with Crippen molar-refractivity contribution in [2.24, 2.45) is 0 Å². The molecular weight excluding hydrogens is 348 g/mol. The molecule has 1 unspecified atom stereocenters. The number of hydrogen-bond donors (Lipinski definition) is 1. The van der Waals surface area contributed by atoms with Gasteiger partial charge in [0.2, 0.25) is 0 Å². The van der Waals surface area contributed by atoms with Crippen LogP contribution in [0.1, 0.15) is 24.1 Å². The molecule has 0 bridgehead atoms. The average Bonchev–Trinajstić information content (AvgIpc) is 2.39. The molecule has 0 saturated carbocycles. The standard InChI is InChI=1S/C15H13BrClF2N/c1-8-5-11(16)15(7-12(8)17)20-9(2)10-3-4-13(18)14(19)6-10/h3-7,9,20H,1-2H3. The minimum absolute atomic E-state index is 0.180. The van der Waals surface area contributed by atoms with E-state index in [1.807, 2.05) is 19.9 Å². The molecule has 20 heavy (non-hydrogen) atoms. The molecule has 106 valence electrons. The quantitative estimate of drug-likeness (QED) is 0.722. The molecule has 0 radical (unpaired) electrons. The van der Waals surface area contributed by atoms with E-state index in [9.17, 15) is 8.78 Å². The number of nitrogens with one attached hydrogen (secondary N) is 1. The molecule has 2 aromatic rings. The van der Waals surface area contributed by atoms with Gasteiger partial charge >= 0.3 is 0 Å². The highest BCUT2D eigenvalue weighted by Gasteiger charge is 2.11. The van der Waals surface area contributed by atoms with Gasteiger partial charge in [0, 0.05) is 15.5 Å². The first-order valence-electron chi connectivity index (χ1n) is 6.05. The van der Waals surface area contributed by atoms with Crippen molar-refractivity contribution in [1.82, 2.24) is 0 Å². The molecule has 0 fully saturated rings. The number of rotatable bonds is 3. The van der Waals surface area contributed by atoms with Crippen LogP contribution < -0.4 is 5.32 Å². The SMILES string of the molecule is Cc1cc(Br)c(NC(C)c2ccc(F)c(F)c2)cc1Cl. The lowest BCUT2D eigenvalue weighted by molar-refractivity contribution is 0.506. The second-order valence-corrected chi connectivity index (χ2v) is 5.88. The number of benzene rings is 2. The van der Waals surface area contributed by atoms with E-state index in [-0.39, 0.29) is 6.04 Å². The maximum Gasteiger partial charge on any atom is 0.159 e. The molecule has 2 aromatic carbocycles. The number of halogens is 4. The van der Waals surface area contributed by atoms with Crippen LogP contribution in [0.2, 0.25) is 5.02 Å². The van der Waals surface area contributed by atoms with Crippen molar-refractivity contribution in [1.29, 1.82) is 0 Å². The summed E-state index contributed by atoms with van der Waals surface area (Å²) < 4.78 is 27.0. The molecular formula is C15H13BrClF2N. The molecule has 0 aliphatic carbocycles. The van der Waals surface area contributed by atoms with Gasteiger partial charge in [0.05, 0.1) is 5.69 Å². The summed E-state index contributed by atoms with van der Waals surface area (Å²) >= 11 is 9.54. The smallest absolute Gasteiger partial charge is 0.159 e. The highest BCUT2D eigenvalue weighted by molar-refractivity contribution is 9.10. The molecule has 2 rings (SSSR count). The summed E-state index contributed by atoms with van der Waals surface area (Å²) in [5.74, 6) is -1.70. The van der Waals surface area contributed by atoms with Gasteiger partial charge in [0.1, 0.15) is 0 Å². The Kier molecular flexibility index (Phi) is 4.66. The molecule has 0 aliphatic rings. The van der Waals surface area contributed by atoms with Gasteiger partial charge in [0.15, 0.2) is 11.6 Å². The summed E-state index contributed by atoms with van der Waals surface area (Å²) in [7, 11) is 0. The van der Waals surface area contributed by atoms with Crippen LogP contribution in [-0.2, 0) is 0 Å². The van der Waals surface area contributed by atoms with Gasteiger partial charge in [-0.2, -0.15) is 0 Å². The minimum Gasteiger partial charge on any atom is -0.378 e. The van der Waals surface area contributed by atoms with Crippen LogP contribution in [0.5, 0.6) is 0 Å². The van der Waals surface area contributed by atoms with Gasteiger partial charge in [0.25, 0.3) is 0 Å².